The number of halogens is 1. The van der Waals surface area contributed by atoms with Gasteiger partial charge in [0.25, 0.3) is 0 Å². The maximum atomic E-state index is 4.45. The van der Waals surface area contributed by atoms with Gasteiger partial charge in [0.2, 0.25) is 0 Å². The summed E-state index contributed by atoms with van der Waals surface area (Å²) in [6, 6.07) is 8.40. The lowest BCUT2D eigenvalue weighted by Gasteiger charge is -2.15. The standard InChI is InChI=1S/C14H17BrN4/c1-3-17-13-8-16-9-14(19-13)18-10(2)11-5-4-6-12(15)7-11/h4-10H,3H2,1-2H3,(H2,17,18,19). The molecule has 2 rings (SSSR count). The van der Waals surface area contributed by atoms with Gasteiger partial charge in [0.1, 0.15) is 11.6 Å². The lowest BCUT2D eigenvalue weighted by Crippen LogP contribution is -2.09. The molecular weight excluding hydrogens is 304 g/mol. The molecule has 0 aliphatic heterocycles. The SMILES string of the molecule is CCNc1cncc(NC(C)c2cccc(Br)c2)n1. The Balaban J connectivity index is 2.10. The van der Waals surface area contributed by atoms with Crippen molar-refractivity contribution in [2.75, 3.05) is 17.2 Å². The van der Waals surface area contributed by atoms with Gasteiger partial charge in [-0.2, -0.15) is 0 Å². The summed E-state index contributed by atoms with van der Waals surface area (Å²) >= 11 is 3.48. The van der Waals surface area contributed by atoms with Gasteiger partial charge >= 0.3 is 0 Å². The van der Waals surface area contributed by atoms with E-state index in [0.29, 0.717) is 0 Å². The molecule has 1 aromatic heterocycles. The molecule has 2 aromatic rings. The van der Waals surface area contributed by atoms with Crippen LogP contribution in [0.4, 0.5) is 11.6 Å². The molecule has 0 amide bonds. The van der Waals surface area contributed by atoms with E-state index in [0.717, 1.165) is 22.7 Å². The van der Waals surface area contributed by atoms with Crippen molar-refractivity contribution in [3.05, 3.63) is 46.7 Å². The summed E-state index contributed by atoms with van der Waals surface area (Å²) in [6.07, 6.45) is 3.45. The topological polar surface area (TPSA) is 49.8 Å². The minimum Gasteiger partial charge on any atom is -0.369 e. The Labute approximate surface area is 121 Å². The highest BCUT2D eigenvalue weighted by Gasteiger charge is 2.07. The first-order chi connectivity index (χ1) is 9.19. The molecule has 0 spiro atoms. The molecule has 0 fully saturated rings. The quantitative estimate of drug-likeness (QED) is 0.878. The normalized spacial score (nSPS) is 11.9. The fourth-order valence-corrected chi connectivity index (χ4v) is 2.20. The van der Waals surface area contributed by atoms with Crippen molar-refractivity contribution < 1.29 is 0 Å². The van der Waals surface area contributed by atoms with E-state index in [1.54, 1.807) is 12.4 Å². The molecule has 2 N–H and O–H groups in total. The van der Waals surface area contributed by atoms with Crippen molar-refractivity contribution in [1.82, 2.24) is 9.97 Å². The second kappa shape index (κ2) is 6.52. The lowest BCUT2D eigenvalue weighted by molar-refractivity contribution is 0.870. The summed E-state index contributed by atoms with van der Waals surface area (Å²) in [5.41, 5.74) is 1.20. The van der Waals surface area contributed by atoms with Crippen molar-refractivity contribution in [3.63, 3.8) is 0 Å². The summed E-state index contributed by atoms with van der Waals surface area (Å²) in [5.74, 6) is 1.56. The minimum absolute atomic E-state index is 0.170. The van der Waals surface area contributed by atoms with E-state index in [4.69, 9.17) is 0 Å². The maximum absolute atomic E-state index is 4.45. The highest BCUT2D eigenvalue weighted by molar-refractivity contribution is 9.10. The summed E-state index contributed by atoms with van der Waals surface area (Å²) in [6.45, 7) is 4.97. The lowest BCUT2D eigenvalue weighted by atomic mass is 10.1. The Morgan fingerprint density at radius 1 is 1.26 bits per heavy atom. The minimum atomic E-state index is 0.170. The molecule has 0 bridgehead atoms. The van der Waals surface area contributed by atoms with Crippen molar-refractivity contribution in [2.24, 2.45) is 0 Å². The third-order valence-corrected chi connectivity index (χ3v) is 3.20. The molecule has 100 valence electrons. The Morgan fingerprint density at radius 3 is 2.79 bits per heavy atom. The van der Waals surface area contributed by atoms with E-state index in [1.807, 2.05) is 19.1 Å². The van der Waals surface area contributed by atoms with Crippen LogP contribution in [0.3, 0.4) is 0 Å². The summed E-state index contributed by atoms with van der Waals surface area (Å²) in [7, 11) is 0. The highest BCUT2D eigenvalue weighted by atomic mass is 79.9. The molecule has 1 aromatic carbocycles. The molecular formula is C14H17BrN4. The third kappa shape index (κ3) is 3.92. The molecule has 19 heavy (non-hydrogen) atoms. The van der Waals surface area contributed by atoms with E-state index in [2.05, 4.69) is 55.6 Å². The van der Waals surface area contributed by atoms with Gasteiger partial charge < -0.3 is 10.6 Å². The van der Waals surface area contributed by atoms with Gasteiger partial charge in [0.15, 0.2) is 0 Å². The first kappa shape index (κ1) is 13.8. The molecule has 0 saturated heterocycles. The Bertz CT molecular complexity index is 544. The predicted molar refractivity (Wildman–Crippen MR) is 82.4 cm³/mol. The summed E-state index contributed by atoms with van der Waals surface area (Å²) in [5, 5.41) is 6.50. The number of rotatable bonds is 5. The second-order valence-electron chi connectivity index (χ2n) is 4.24. The van der Waals surface area contributed by atoms with Crippen LogP contribution >= 0.6 is 15.9 Å². The first-order valence-electron chi connectivity index (χ1n) is 6.27. The van der Waals surface area contributed by atoms with Gasteiger partial charge in [-0.1, -0.05) is 28.1 Å². The van der Waals surface area contributed by atoms with Gasteiger partial charge in [-0.05, 0) is 31.5 Å². The molecule has 4 nitrogen and oxygen atoms in total. The number of anilines is 2. The van der Waals surface area contributed by atoms with Gasteiger partial charge in [-0.3, -0.25) is 4.98 Å². The number of hydrogen-bond donors (Lipinski definition) is 2. The van der Waals surface area contributed by atoms with E-state index in [9.17, 15) is 0 Å². The van der Waals surface area contributed by atoms with Crippen LogP contribution in [-0.4, -0.2) is 16.5 Å². The Hall–Kier alpha value is -1.62. The summed E-state index contributed by atoms with van der Waals surface area (Å²) < 4.78 is 1.08. The monoisotopic (exact) mass is 320 g/mol. The highest BCUT2D eigenvalue weighted by Crippen LogP contribution is 2.21. The van der Waals surface area contributed by atoms with Crippen LogP contribution in [0.5, 0.6) is 0 Å². The zero-order chi connectivity index (χ0) is 13.7. The fraction of sp³-hybridized carbons (Fsp3) is 0.286. The van der Waals surface area contributed by atoms with Crippen LogP contribution in [-0.2, 0) is 0 Å². The van der Waals surface area contributed by atoms with Gasteiger partial charge in [0, 0.05) is 11.0 Å². The first-order valence-corrected chi connectivity index (χ1v) is 7.06. The van der Waals surface area contributed by atoms with E-state index in [-0.39, 0.29) is 6.04 Å². The van der Waals surface area contributed by atoms with Crippen LogP contribution in [0.1, 0.15) is 25.5 Å². The van der Waals surface area contributed by atoms with Crippen LogP contribution in [0.2, 0.25) is 0 Å². The number of aromatic nitrogens is 2. The number of hydrogen-bond acceptors (Lipinski definition) is 4. The molecule has 0 radical (unpaired) electrons. The molecule has 1 atom stereocenters. The molecule has 5 heteroatoms. The zero-order valence-corrected chi connectivity index (χ0v) is 12.6. The smallest absolute Gasteiger partial charge is 0.147 e. The summed E-state index contributed by atoms with van der Waals surface area (Å²) in [4.78, 5) is 8.62. The van der Waals surface area contributed by atoms with Crippen LogP contribution in [0.25, 0.3) is 0 Å². The zero-order valence-electron chi connectivity index (χ0n) is 11.0. The van der Waals surface area contributed by atoms with Crippen LogP contribution in [0.15, 0.2) is 41.1 Å². The molecule has 0 saturated carbocycles. The van der Waals surface area contributed by atoms with Crippen LogP contribution in [0, 0.1) is 0 Å². The van der Waals surface area contributed by atoms with Crippen LogP contribution < -0.4 is 10.6 Å². The number of nitrogens with zero attached hydrogens (tertiary/aromatic N) is 2. The fourth-order valence-electron chi connectivity index (χ4n) is 1.78. The molecule has 1 heterocycles. The number of benzene rings is 1. The Morgan fingerprint density at radius 2 is 2.05 bits per heavy atom. The van der Waals surface area contributed by atoms with Crippen molar-refractivity contribution in [3.8, 4) is 0 Å². The van der Waals surface area contributed by atoms with Crippen molar-refractivity contribution >= 4 is 27.6 Å². The van der Waals surface area contributed by atoms with Gasteiger partial charge in [-0.15, -0.1) is 0 Å². The van der Waals surface area contributed by atoms with Crippen molar-refractivity contribution in [2.45, 2.75) is 19.9 Å². The Kier molecular flexibility index (Phi) is 4.74. The third-order valence-electron chi connectivity index (χ3n) is 2.71. The average Bonchev–Trinajstić information content (AvgIpc) is 2.39. The van der Waals surface area contributed by atoms with Crippen molar-refractivity contribution in [1.29, 1.82) is 0 Å². The van der Waals surface area contributed by atoms with Gasteiger partial charge in [0.05, 0.1) is 18.4 Å². The molecule has 0 aliphatic rings. The van der Waals surface area contributed by atoms with E-state index < -0.39 is 0 Å². The number of nitrogens with one attached hydrogen (secondary N) is 2. The molecule has 0 aliphatic carbocycles. The maximum Gasteiger partial charge on any atom is 0.147 e. The van der Waals surface area contributed by atoms with E-state index >= 15 is 0 Å². The average molecular weight is 321 g/mol. The van der Waals surface area contributed by atoms with E-state index in [1.165, 1.54) is 5.56 Å². The predicted octanol–water partition coefficient (Wildman–Crippen LogP) is 3.84. The largest absolute Gasteiger partial charge is 0.369 e. The van der Waals surface area contributed by atoms with Gasteiger partial charge in [-0.25, -0.2) is 4.98 Å². The second-order valence-corrected chi connectivity index (χ2v) is 5.16. The molecule has 1 unspecified atom stereocenters.